The highest BCUT2D eigenvalue weighted by molar-refractivity contribution is 7.79. The molecule has 1 atom stereocenters. The van der Waals surface area contributed by atoms with Crippen LogP contribution in [0.15, 0.2) is 59.5 Å². The van der Waals surface area contributed by atoms with Crippen molar-refractivity contribution in [1.82, 2.24) is 15.0 Å². The van der Waals surface area contributed by atoms with Gasteiger partial charge < -0.3 is 19.9 Å². The molecule has 8 nitrogen and oxygen atoms in total. The van der Waals surface area contributed by atoms with E-state index in [1.165, 1.54) is 30.3 Å². The third-order valence-electron chi connectivity index (χ3n) is 6.57. The van der Waals surface area contributed by atoms with Crippen LogP contribution in [-0.4, -0.2) is 42.5 Å². The van der Waals surface area contributed by atoms with Crippen molar-refractivity contribution in [3.63, 3.8) is 0 Å². The fourth-order valence-electron chi connectivity index (χ4n) is 4.17. The van der Waals surface area contributed by atoms with Crippen molar-refractivity contribution in [1.29, 1.82) is 0 Å². The van der Waals surface area contributed by atoms with Crippen LogP contribution in [0.1, 0.15) is 24.0 Å². The molecule has 0 amide bonds. The molecule has 0 spiro atoms. The Kier molecular flexibility index (Phi) is 7.27. The number of aromatic nitrogens is 3. The van der Waals surface area contributed by atoms with Crippen LogP contribution in [0.5, 0.6) is 5.75 Å². The maximum absolute atomic E-state index is 13.8. The number of benzene rings is 2. The molecule has 0 saturated heterocycles. The Hall–Kier alpha value is -3.98. The first kappa shape index (κ1) is 28.5. The van der Waals surface area contributed by atoms with Crippen LogP contribution < -0.4 is 15.4 Å². The lowest BCUT2D eigenvalue weighted by Crippen LogP contribution is -2.39. The quantitative estimate of drug-likeness (QED) is 0.158. The molecule has 1 saturated carbocycles. The molecule has 41 heavy (non-hydrogen) atoms. The van der Waals surface area contributed by atoms with Crippen LogP contribution in [0.25, 0.3) is 22.3 Å². The number of anilines is 2. The van der Waals surface area contributed by atoms with E-state index in [2.05, 4.69) is 25.6 Å². The van der Waals surface area contributed by atoms with E-state index in [9.17, 15) is 30.6 Å². The van der Waals surface area contributed by atoms with E-state index >= 15 is 0 Å². The fraction of sp³-hybridized carbons (Fsp3) is 0.269. The first-order valence-electron chi connectivity index (χ1n) is 12.0. The summed E-state index contributed by atoms with van der Waals surface area (Å²) in [5.74, 6) is -0.639. The van der Waals surface area contributed by atoms with Crippen molar-refractivity contribution in [3.05, 3.63) is 65.7 Å². The Morgan fingerprint density at radius 1 is 0.976 bits per heavy atom. The molecule has 2 aromatic carbocycles. The summed E-state index contributed by atoms with van der Waals surface area (Å²) in [7, 11) is 1.11. The van der Waals surface area contributed by atoms with Gasteiger partial charge in [-0.2, -0.15) is 31.3 Å². The van der Waals surface area contributed by atoms with Crippen molar-refractivity contribution < 1.29 is 39.8 Å². The van der Waals surface area contributed by atoms with Gasteiger partial charge >= 0.3 is 12.4 Å². The van der Waals surface area contributed by atoms with E-state index in [0.717, 1.165) is 19.2 Å². The summed E-state index contributed by atoms with van der Waals surface area (Å²) in [5.41, 5.74) is -2.32. The van der Waals surface area contributed by atoms with Gasteiger partial charge in [-0.15, -0.1) is 0 Å². The number of alkyl halides is 6. The van der Waals surface area contributed by atoms with Crippen LogP contribution in [-0.2, 0) is 23.8 Å². The molecule has 2 aromatic heterocycles. The molecular weight excluding hydrogens is 576 g/mol. The number of hydrogen-bond donors (Lipinski definition) is 3. The number of methoxy groups -OCH3 is 1. The lowest BCUT2D eigenvalue weighted by Gasteiger charge is -2.22. The average Bonchev–Trinajstić information content (AvgIpc) is 3.72. The molecule has 0 aliphatic heterocycles. The van der Waals surface area contributed by atoms with Gasteiger partial charge in [0, 0.05) is 12.1 Å². The zero-order chi connectivity index (χ0) is 29.6. The Morgan fingerprint density at radius 3 is 2.27 bits per heavy atom. The minimum Gasteiger partial charge on any atom is -0.496 e. The molecule has 216 valence electrons. The Morgan fingerprint density at radius 2 is 1.68 bits per heavy atom. The lowest BCUT2D eigenvalue weighted by molar-refractivity contribution is -0.151. The molecule has 0 bridgehead atoms. The summed E-state index contributed by atoms with van der Waals surface area (Å²) >= 11 is -2.15. The maximum Gasteiger partial charge on any atom is 0.419 e. The van der Waals surface area contributed by atoms with Gasteiger partial charge in [-0.3, -0.25) is 0 Å². The van der Waals surface area contributed by atoms with Crippen LogP contribution in [0, 0.1) is 0 Å². The standard InChI is InChI=1S/C26H21F6N5O3S/c1-40-20-9-4-15(12-17(20)25(27,28)29)18-7-8-19-21(34-18)22(37-24(10-11-24)26(30,31)32)36-23(35-19)33-13-14-2-5-16(6-3-14)41(38)39/h2-9,12H,10-11,13H2,1H3,(H,38,39)(H2,33,35,36,37). The number of rotatable bonds is 8. The van der Waals surface area contributed by atoms with Gasteiger partial charge in [-0.1, -0.05) is 12.1 Å². The summed E-state index contributed by atoms with van der Waals surface area (Å²) in [4.78, 5) is 13.1. The Labute approximate surface area is 231 Å². The second-order valence-corrected chi connectivity index (χ2v) is 10.3. The third kappa shape index (κ3) is 5.91. The van der Waals surface area contributed by atoms with E-state index in [1.54, 1.807) is 12.1 Å². The highest BCUT2D eigenvalue weighted by atomic mass is 32.2. The molecule has 1 aliphatic carbocycles. The second kappa shape index (κ2) is 10.4. The number of pyridine rings is 1. The van der Waals surface area contributed by atoms with Crippen molar-refractivity contribution in [2.45, 2.75) is 42.2 Å². The Bertz CT molecular complexity index is 1630. The van der Waals surface area contributed by atoms with E-state index in [4.69, 9.17) is 9.29 Å². The molecule has 1 unspecified atom stereocenters. The minimum absolute atomic E-state index is 0.0221. The summed E-state index contributed by atoms with van der Waals surface area (Å²) < 4.78 is 107. The predicted molar refractivity (Wildman–Crippen MR) is 139 cm³/mol. The van der Waals surface area contributed by atoms with Crippen molar-refractivity contribution in [2.24, 2.45) is 0 Å². The first-order chi connectivity index (χ1) is 19.3. The maximum atomic E-state index is 13.8. The smallest absolute Gasteiger partial charge is 0.419 e. The number of nitrogens with zero attached hydrogens (tertiary/aromatic N) is 3. The van der Waals surface area contributed by atoms with Gasteiger partial charge in [0.1, 0.15) is 16.8 Å². The zero-order valence-corrected chi connectivity index (χ0v) is 21.9. The van der Waals surface area contributed by atoms with Gasteiger partial charge in [0.05, 0.1) is 28.8 Å². The highest BCUT2D eigenvalue weighted by Crippen LogP contribution is 2.51. The van der Waals surface area contributed by atoms with E-state index in [0.29, 0.717) is 5.56 Å². The topological polar surface area (TPSA) is 109 Å². The van der Waals surface area contributed by atoms with Crippen LogP contribution in [0.4, 0.5) is 38.1 Å². The number of ether oxygens (including phenoxy) is 1. The average molecular weight is 598 g/mol. The van der Waals surface area contributed by atoms with E-state index < -0.39 is 34.5 Å². The summed E-state index contributed by atoms with van der Waals surface area (Å²) in [5, 5.41) is 5.38. The van der Waals surface area contributed by atoms with Crippen LogP contribution in [0.2, 0.25) is 0 Å². The molecule has 15 heteroatoms. The van der Waals surface area contributed by atoms with Crippen molar-refractivity contribution >= 4 is 33.9 Å². The van der Waals surface area contributed by atoms with Crippen LogP contribution in [0.3, 0.4) is 0 Å². The molecule has 1 aliphatic rings. The molecule has 4 aromatic rings. The van der Waals surface area contributed by atoms with Gasteiger partial charge in [0.15, 0.2) is 16.9 Å². The van der Waals surface area contributed by atoms with Crippen molar-refractivity contribution in [3.8, 4) is 17.0 Å². The second-order valence-electron chi connectivity index (χ2n) is 9.32. The fourth-order valence-corrected chi connectivity index (χ4v) is 4.53. The van der Waals surface area contributed by atoms with Crippen molar-refractivity contribution in [2.75, 3.05) is 17.7 Å². The zero-order valence-electron chi connectivity index (χ0n) is 21.1. The van der Waals surface area contributed by atoms with Crippen LogP contribution >= 0.6 is 0 Å². The number of fused-ring (bicyclic) bond motifs is 1. The summed E-state index contributed by atoms with van der Waals surface area (Å²) in [6, 6.07) is 12.3. The highest BCUT2D eigenvalue weighted by Gasteiger charge is 2.64. The van der Waals surface area contributed by atoms with Gasteiger partial charge in [-0.05, 0) is 60.9 Å². The third-order valence-corrected chi connectivity index (χ3v) is 7.24. The minimum atomic E-state index is -4.71. The summed E-state index contributed by atoms with van der Waals surface area (Å²) in [6.07, 6.45) is -9.66. The summed E-state index contributed by atoms with van der Waals surface area (Å²) in [6.45, 7) is 0.144. The molecule has 1 fully saturated rings. The van der Waals surface area contributed by atoms with Gasteiger partial charge in [0.25, 0.3) is 0 Å². The number of halogens is 6. The van der Waals surface area contributed by atoms with Gasteiger partial charge in [-0.25, -0.2) is 14.2 Å². The monoisotopic (exact) mass is 597 g/mol. The first-order valence-corrected chi connectivity index (χ1v) is 13.1. The normalized spacial score (nSPS) is 15.4. The molecule has 0 radical (unpaired) electrons. The predicted octanol–water partition coefficient (Wildman–Crippen LogP) is 6.42. The van der Waals surface area contributed by atoms with E-state index in [-0.39, 0.29) is 64.1 Å². The molecule has 3 N–H and O–H groups in total. The molecular formula is C26H21F6N5O3S. The SMILES string of the molecule is COc1ccc(-c2ccc3nc(NCc4ccc(S(=O)O)cc4)nc(NC4(C(F)(F)F)CC4)c3n2)cc1C(F)(F)F. The van der Waals surface area contributed by atoms with Gasteiger partial charge in [0.2, 0.25) is 5.95 Å². The number of nitrogens with one attached hydrogen (secondary N) is 2. The van der Waals surface area contributed by atoms with E-state index in [1.807, 2.05) is 0 Å². The lowest BCUT2D eigenvalue weighted by atomic mass is 10.1. The largest absolute Gasteiger partial charge is 0.496 e. The number of hydrogen-bond acceptors (Lipinski definition) is 7. The Balaban J connectivity index is 1.54. The molecule has 2 heterocycles. The molecule has 5 rings (SSSR count).